The molecule has 0 atom stereocenters. The molecule has 3 N–H and O–H groups in total. The number of fused-ring (bicyclic) bond motifs is 2. The van der Waals surface area contributed by atoms with E-state index in [9.17, 15) is 4.79 Å². The predicted molar refractivity (Wildman–Crippen MR) is 83.2 cm³/mol. The molecule has 0 aromatic carbocycles. The Hall–Kier alpha value is -1.88. The Morgan fingerprint density at radius 1 is 1.50 bits per heavy atom. The lowest BCUT2D eigenvalue weighted by Gasteiger charge is -2.14. The number of pyridine rings is 1. The number of nitrogens with one attached hydrogen (secondary N) is 1. The van der Waals surface area contributed by atoms with E-state index < -0.39 is 0 Å². The maximum absolute atomic E-state index is 12.1. The number of hydrogen-bond acceptors (Lipinski definition) is 4. The summed E-state index contributed by atoms with van der Waals surface area (Å²) in [5.74, 6) is -0.150. The molecule has 2 aromatic rings. The molecule has 0 spiro atoms. The predicted octanol–water partition coefficient (Wildman–Crippen LogP) is 2.67. The van der Waals surface area contributed by atoms with Crippen LogP contribution in [0.5, 0.6) is 0 Å². The number of carbonyl (C=O) groups excluding carboxylic acids is 1. The minimum absolute atomic E-state index is 0.150. The van der Waals surface area contributed by atoms with E-state index in [0.717, 1.165) is 23.1 Å². The van der Waals surface area contributed by atoms with Crippen LogP contribution in [0.3, 0.4) is 0 Å². The van der Waals surface area contributed by atoms with E-state index in [-0.39, 0.29) is 5.91 Å². The van der Waals surface area contributed by atoms with Gasteiger partial charge in [0.2, 0.25) is 0 Å². The topological polar surface area (TPSA) is 68.0 Å². The molecule has 2 heterocycles. The summed E-state index contributed by atoms with van der Waals surface area (Å²) in [5.41, 5.74) is 9.13. The zero-order valence-corrected chi connectivity index (χ0v) is 12.1. The molecule has 0 unspecified atom stereocenters. The standard InChI is InChI=1S/C15H17N3OS/c1-2-7-17-14(19)13-12(16)10-8-9-5-3-4-6-11(9)18-15(10)20-13/h2,8H,1,3-7,16H2,(H,17,19). The summed E-state index contributed by atoms with van der Waals surface area (Å²) >= 11 is 1.37. The van der Waals surface area contributed by atoms with Gasteiger partial charge < -0.3 is 11.1 Å². The average molecular weight is 287 g/mol. The molecule has 5 heteroatoms. The number of thiophene rings is 1. The third-order valence-electron chi connectivity index (χ3n) is 3.61. The van der Waals surface area contributed by atoms with Crippen molar-refractivity contribution in [2.75, 3.05) is 12.3 Å². The van der Waals surface area contributed by atoms with Gasteiger partial charge in [-0.1, -0.05) is 6.08 Å². The molecular weight excluding hydrogens is 270 g/mol. The molecule has 0 saturated heterocycles. The molecule has 1 aliphatic rings. The molecule has 0 bridgehead atoms. The van der Waals surface area contributed by atoms with Crippen molar-refractivity contribution < 1.29 is 4.79 Å². The first-order chi connectivity index (χ1) is 9.70. The Morgan fingerprint density at radius 3 is 3.10 bits per heavy atom. The maximum atomic E-state index is 12.1. The fourth-order valence-electron chi connectivity index (χ4n) is 2.57. The molecular formula is C15H17N3OS. The van der Waals surface area contributed by atoms with Crippen molar-refractivity contribution in [3.63, 3.8) is 0 Å². The lowest BCUT2D eigenvalue weighted by molar-refractivity contribution is 0.0963. The lowest BCUT2D eigenvalue weighted by atomic mass is 9.95. The van der Waals surface area contributed by atoms with E-state index in [2.05, 4.69) is 18.0 Å². The molecule has 3 rings (SSSR count). The number of amides is 1. The number of hydrogen-bond donors (Lipinski definition) is 2. The highest BCUT2D eigenvalue weighted by atomic mass is 32.1. The summed E-state index contributed by atoms with van der Waals surface area (Å²) < 4.78 is 0. The zero-order valence-electron chi connectivity index (χ0n) is 11.2. The van der Waals surface area contributed by atoms with Crippen molar-refractivity contribution in [3.05, 3.63) is 34.9 Å². The first-order valence-electron chi connectivity index (χ1n) is 6.80. The van der Waals surface area contributed by atoms with E-state index in [1.165, 1.54) is 35.4 Å². The van der Waals surface area contributed by atoms with Crippen LogP contribution in [0.1, 0.15) is 33.8 Å². The van der Waals surface area contributed by atoms with Crippen LogP contribution < -0.4 is 11.1 Å². The highest BCUT2D eigenvalue weighted by Gasteiger charge is 2.19. The van der Waals surface area contributed by atoms with Crippen molar-refractivity contribution >= 4 is 33.1 Å². The first-order valence-corrected chi connectivity index (χ1v) is 7.62. The van der Waals surface area contributed by atoms with Gasteiger partial charge >= 0.3 is 0 Å². The van der Waals surface area contributed by atoms with Crippen molar-refractivity contribution in [1.82, 2.24) is 10.3 Å². The summed E-state index contributed by atoms with van der Waals surface area (Å²) in [6.45, 7) is 4.03. The van der Waals surface area contributed by atoms with Crippen LogP contribution in [0.25, 0.3) is 10.2 Å². The first kappa shape index (κ1) is 13.1. The quantitative estimate of drug-likeness (QED) is 0.853. The fraction of sp³-hybridized carbons (Fsp3) is 0.333. The van der Waals surface area contributed by atoms with Gasteiger partial charge in [-0.05, 0) is 37.3 Å². The van der Waals surface area contributed by atoms with E-state index >= 15 is 0 Å². The molecule has 20 heavy (non-hydrogen) atoms. The number of nitrogens with two attached hydrogens (primary N) is 1. The van der Waals surface area contributed by atoms with Crippen LogP contribution in [0.2, 0.25) is 0 Å². The van der Waals surface area contributed by atoms with Gasteiger partial charge in [0, 0.05) is 17.6 Å². The monoisotopic (exact) mass is 287 g/mol. The smallest absolute Gasteiger partial charge is 0.263 e. The largest absolute Gasteiger partial charge is 0.397 e. The second-order valence-corrected chi connectivity index (χ2v) is 6.00. The third-order valence-corrected chi connectivity index (χ3v) is 4.73. The van der Waals surface area contributed by atoms with E-state index in [0.29, 0.717) is 17.1 Å². The number of anilines is 1. The van der Waals surface area contributed by atoms with Crippen molar-refractivity contribution in [1.29, 1.82) is 0 Å². The van der Waals surface area contributed by atoms with Crippen molar-refractivity contribution in [2.45, 2.75) is 25.7 Å². The molecule has 0 fully saturated rings. The number of nitrogen functional groups attached to an aromatic ring is 1. The van der Waals surface area contributed by atoms with Crippen LogP contribution in [0, 0.1) is 0 Å². The van der Waals surface area contributed by atoms with E-state index in [4.69, 9.17) is 10.7 Å². The minimum Gasteiger partial charge on any atom is -0.397 e. The third kappa shape index (κ3) is 2.18. The summed E-state index contributed by atoms with van der Waals surface area (Å²) in [6, 6.07) is 2.12. The second-order valence-electron chi connectivity index (χ2n) is 5.00. The van der Waals surface area contributed by atoms with Crippen molar-refractivity contribution in [3.8, 4) is 0 Å². The van der Waals surface area contributed by atoms with Crippen LogP contribution in [0.4, 0.5) is 5.69 Å². The number of nitrogens with zero attached hydrogens (tertiary/aromatic N) is 1. The molecule has 104 valence electrons. The Labute approximate surface area is 121 Å². The highest BCUT2D eigenvalue weighted by Crippen LogP contribution is 2.35. The summed E-state index contributed by atoms with van der Waals surface area (Å²) in [7, 11) is 0. The van der Waals surface area contributed by atoms with Crippen LogP contribution in [-0.4, -0.2) is 17.4 Å². The SMILES string of the molecule is C=CCNC(=O)c1sc2nc3c(cc2c1N)CCCC3. The van der Waals surface area contributed by atoms with Crippen molar-refractivity contribution in [2.24, 2.45) is 0 Å². The summed E-state index contributed by atoms with van der Waals surface area (Å²) in [6.07, 6.45) is 6.14. The number of aryl methyl sites for hydroxylation is 2. The molecule has 0 saturated carbocycles. The van der Waals surface area contributed by atoms with Gasteiger partial charge in [0.05, 0.1) is 5.69 Å². The number of aromatic nitrogens is 1. The Bertz CT molecular complexity index is 690. The minimum atomic E-state index is -0.150. The molecule has 2 aromatic heterocycles. The van der Waals surface area contributed by atoms with E-state index in [1.807, 2.05) is 0 Å². The van der Waals surface area contributed by atoms with Crippen LogP contribution in [-0.2, 0) is 12.8 Å². The summed E-state index contributed by atoms with van der Waals surface area (Å²) in [5, 5.41) is 3.68. The lowest BCUT2D eigenvalue weighted by Crippen LogP contribution is -2.22. The second kappa shape index (κ2) is 5.25. The molecule has 0 radical (unpaired) electrons. The fourth-order valence-corrected chi connectivity index (χ4v) is 3.59. The Kier molecular flexibility index (Phi) is 3.44. The molecule has 0 aliphatic heterocycles. The maximum Gasteiger partial charge on any atom is 0.263 e. The highest BCUT2D eigenvalue weighted by molar-refractivity contribution is 7.21. The molecule has 1 amide bonds. The van der Waals surface area contributed by atoms with Crippen LogP contribution >= 0.6 is 11.3 Å². The Morgan fingerprint density at radius 2 is 2.30 bits per heavy atom. The Balaban J connectivity index is 2.05. The molecule has 1 aliphatic carbocycles. The average Bonchev–Trinajstić information content (AvgIpc) is 2.79. The van der Waals surface area contributed by atoms with Gasteiger partial charge in [-0.25, -0.2) is 4.98 Å². The summed E-state index contributed by atoms with van der Waals surface area (Å²) in [4.78, 5) is 18.2. The van der Waals surface area contributed by atoms with Gasteiger partial charge in [-0.2, -0.15) is 0 Å². The molecule has 4 nitrogen and oxygen atoms in total. The van der Waals surface area contributed by atoms with Gasteiger partial charge in [0.1, 0.15) is 9.71 Å². The van der Waals surface area contributed by atoms with Gasteiger partial charge in [-0.15, -0.1) is 17.9 Å². The van der Waals surface area contributed by atoms with Gasteiger partial charge in [-0.3, -0.25) is 4.79 Å². The van der Waals surface area contributed by atoms with Gasteiger partial charge in [0.15, 0.2) is 0 Å². The van der Waals surface area contributed by atoms with E-state index in [1.54, 1.807) is 6.08 Å². The van der Waals surface area contributed by atoms with Gasteiger partial charge in [0.25, 0.3) is 5.91 Å². The number of rotatable bonds is 3. The zero-order chi connectivity index (χ0) is 14.1. The number of carbonyl (C=O) groups is 1. The van der Waals surface area contributed by atoms with Crippen LogP contribution in [0.15, 0.2) is 18.7 Å². The normalized spacial score (nSPS) is 14.0.